The smallest absolute Gasteiger partial charge is 0.270 e. The Morgan fingerprint density at radius 2 is 1.50 bits per heavy atom. The summed E-state index contributed by atoms with van der Waals surface area (Å²) >= 11 is 0. The zero-order valence-corrected chi connectivity index (χ0v) is 15.2. The second kappa shape index (κ2) is 5.94. The molecule has 0 aromatic carbocycles. The van der Waals surface area contributed by atoms with Crippen molar-refractivity contribution in [3.63, 3.8) is 0 Å². The van der Waals surface area contributed by atoms with Crippen LogP contribution in [0.25, 0.3) is 0 Å². The molecule has 0 amide bonds. The van der Waals surface area contributed by atoms with E-state index in [4.69, 9.17) is 8.84 Å². The largest absolute Gasteiger partial charge is 0.518 e. The second-order valence-corrected chi connectivity index (χ2v) is 12.5. The summed E-state index contributed by atoms with van der Waals surface area (Å²) in [6, 6.07) is 1.83. The van der Waals surface area contributed by atoms with Gasteiger partial charge in [-0.05, 0) is 30.5 Å². The molecule has 0 fully saturated rings. The van der Waals surface area contributed by atoms with Crippen LogP contribution in [-0.2, 0) is 5.60 Å². The lowest BCUT2D eigenvalue weighted by molar-refractivity contribution is 0.0779. The van der Waals surface area contributed by atoms with Crippen LogP contribution in [0.4, 0.5) is 0 Å². The van der Waals surface area contributed by atoms with E-state index >= 15 is 0 Å². The molecule has 1 aromatic heterocycles. The highest BCUT2D eigenvalue weighted by Gasteiger charge is 2.47. The molecule has 0 bridgehead atoms. The predicted molar refractivity (Wildman–Crippen MR) is 85.6 cm³/mol. The molecule has 1 rings (SSSR count). The summed E-state index contributed by atoms with van der Waals surface area (Å²) in [6.07, 6.45) is 1.59. The molecule has 4 heteroatoms. The monoisotopic (exact) mass is 298 g/mol. The van der Waals surface area contributed by atoms with E-state index in [0.717, 1.165) is 5.56 Å². The number of aliphatic hydroxyl groups is 1. The van der Waals surface area contributed by atoms with Crippen molar-refractivity contribution in [3.8, 4) is 5.95 Å². The third kappa shape index (κ3) is 3.29. The van der Waals surface area contributed by atoms with E-state index in [2.05, 4.69) is 41.5 Å². The number of rotatable bonds is 6. The fourth-order valence-corrected chi connectivity index (χ4v) is 8.38. The molecule has 1 heterocycles. The molecule has 116 valence electrons. The van der Waals surface area contributed by atoms with E-state index in [1.807, 2.05) is 6.07 Å². The maximum Gasteiger partial charge on any atom is 0.270 e. The molecule has 0 radical (unpaired) electrons. The van der Waals surface area contributed by atoms with E-state index < -0.39 is 13.9 Å². The van der Waals surface area contributed by atoms with Crippen LogP contribution in [0.5, 0.6) is 5.95 Å². The van der Waals surface area contributed by atoms with Crippen molar-refractivity contribution in [1.82, 2.24) is 0 Å². The van der Waals surface area contributed by atoms with Crippen LogP contribution in [0.2, 0.25) is 16.6 Å². The van der Waals surface area contributed by atoms with E-state index in [9.17, 15) is 5.11 Å². The van der Waals surface area contributed by atoms with Gasteiger partial charge < -0.3 is 13.9 Å². The van der Waals surface area contributed by atoms with Gasteiger partial charge in [-0.3, -0.25) is 0 Å². The van der Waals surface area contributed by atoms with Gasteiger partial charge in [0.25, 0.3) is 14.3 Å². The van der Waals surface area contributed by atoms with Crippen molar-refractivity contribution in [1.29, 1.82) is 0 Å². The van der Waals surface area contributed by atoms with Crippen molar-refractivity contribution in [2.24, 2.45) is 0 Å². The van der Waals surface area contributed by atoms with E-state index in [1.54, 1.807) is 20.1 Å². The highest BCUT2D eigenvalue weighted by molar-refractivity contribution is 6.78. The lowest BCUT2D eigenvalue weighted by Crippen LogP contribution is -2.50. The third-order valence-corrected chi connectivity index (χ3v) is 10.2. The lowest BCUT2D eigenvalue weighted by atomic mass is 10.0. The van der Waals surface area contributed by atoms with Crippen LogP contribution in [0.1, 0.15) is 61.0 Å². The topological polar surface area (TPSA) is 42.6 Å². The Hall–Kier alpha value is -0.743. The maximum atomic E-state index is 10.0. The molecular weight excluding hydrogens is 268 g/mol. The van der Waals surface area contributed by atoms with Crippen LogP contribution in [0, 0.1) is 0 Å². The normalized spacial score (nSPS) is 13.6. The molecule has 0 aliphatic rings. The summed E-state index contributed by atoms with van der Waals surface area (Å²) in [5.41, 5.74) is 1.35. The first-order valence-corrected chi connectivity index (χ1v) is 9.66. The highest BCUT2D eigenvalue weighted by Crippen LogP contribution is 2.43. The summed E-state index contributed by atoms with van der Waals surface area (Å²) in [6.45, 7) is 17.0. The summed E-state index contributed by atoms with van der Waals surface area (Å²) in [4.78, 5) is 0. The van der Waals surface area contributed by atoms with Crippen LogP contribution >= 0.6 is 0 Å². The first-order chi connectivity index (χ1) is 9.01. The quantitative estimate of drug-likeness (QED) is 0.746. The van der Waals surface area contributed by atoms with E-state index in [1.165, 1.54) is 0 Å². The zero-order chi connectivity index (χ0) is 15.7. The van der Waals surface area contributed by atoms with Crippen molar-refractivity contribution in [2.45, 2.75) is 77.6 Å². The molecule has 0 unspecified atom stereocenters. The van der Waals surface area contributed by atoms with Crippen LogP contribution in [0.3, 0.4) is 0 Å². The van der Waals surface area contributed by atoms with Gasteiger partial charge in [0.2, 0.25) is 0 Å². The van der Waals surface area contributed by atoms with E-state index in [-0.39, 0.29) is 0 Å². The Bertz CT molecular complexity index is 405. The van der Waals surface area contributed by atoms with Gasteiger partial charge in [-0.1, -0.05) is 41.5 Å². The second-order valence-electron chi connectivity index (χ2n) is 7.13. The molecule has 0 spiro atoms. The van der Waals surface area contributed by atoms with Crippen molar-refractivity contribution >= 4 is 8.32 Å². The predicted octanol–water partition coefficient (Wildman–Crippen LogP) is 5.06. The Morgan fingerprint density at radius 1 is 1.05 bits per heavy atom. The Labute approximate surface area is 124 Å². The standard InChI is InChI=1S/C16H30O3Si/c1-11(2)20(12(3)4,13(5)6)19-15-9-14(10-18-15)16(7,8)17/h9-13,17H,1-8H3. The van der Waals surface area contributed by atoms with Gasteiger partial charge in [-0.2, -0.15) is 0 Å². The van der Waals surface area contributed by atoms with Gasteiger partial charge in [-0.15, -0.1) is 0 Å². The van der Waals surface area contributed by atoms with Gasteiger partial charge in [-0.25, -0.2) is 0 Å². The molecule has 0 aliphatic heterocycles. The zero-order valence-electron chi connectivity index (χ0n) is 14.2. The molecule has 0 aliphatic carbocycles. The van der Waals surface area contributed by atoms with Gasteiger partial charge in [0, 0.05) is 11.6 Å². The average Bonchev–Trinajstić information content (AvgIpc) is 2.71. The summed E-state index contributed by atoms with van der Waals surface area (Å²) < 4.78 is 12.0. The molecule has 0 saturated heterocycles. The summed E-state index contributed by atoms with van der Waals surface area (Å²) in [5, 5.41) is 10.0. The minimum atomic E-state index is -1.99. The first kappa shape index (κ1) is 17.3. The fraction of sp³-hybridized carbons (Fsp3) is 0.750. The van der Waals surface area contributed by atoms with Gasteiger partial charge >= 0.3 is 0 Å². The molecule has 20 heavy (non-hydrogen) atoms. The van der Waals surface area contributed by atoms with Crippen LogP contribution in [0.15, 0.2) is 16.7 Å². The average molecular weight is 298 g/mol. The maximum absolute atomic E-state index is 10.0. The van der Waals surface area contributed by atoms with Crippen molar-refractivity contribution in [2.75, 3.05) is 0 Å². The van der Waals surface area contributed by atoms with Crippen molar-refractivity contribution < 1.29 is 13.9 Å². The number of hydrogen-bond acceptors (Lipinski definition) is 3. The molecule has 0 saturated carbocycles. The first-order valence-electron chi connectivity index (χ1n) is 7.52. The van der Waals surface area contributed by atoms with Gasteiger partial charge in [0.05, 0.1) is 5.60 Å². The third-order valence-electron chi connectivity index (χ3n) is 4.27. The van der Waals surface area contributed by atoms with Gasteiger partial charge in [0.1, 0.15) is 6.26 Å². The van der Waals surface area contributed by atoms with Gasteiger partial charge in [0.15, 0.2) is 0 Å². The minimum absolute atomic E-state index is 0.498. The lowest BCUT2D eigenvalue weighted by Gasteiger charge is -2.41. The number of hydrogen-bond donors (Lipinski definition) is 1. The van der Waals surface area contributed by atoms with Crippen LogP contribution < -0.4 is 4.43 Å². The highest BCUT2D eigenvalue weighted by atomic mass is 28.4. The summed E-state index contributed by atoms with van der Waals surface area (Å²) in [7, 11) is -1.99. The van der Waals surface area contributed by atoms with E-state index in [0.29, 0.717) is 22.6 Å². The number of furan rings is 1. The fourth-order valence-electron chi connectivity index (χ4n) is 3.22. The summed E-state index contributed by atoms with van der Waals surface area (Å²) in [5.74, 6) is 0.546. The molecule has 1 N–H and O–H groups in total. The Morgan fingerprint density at radius 3 is 1.80 bits per heavy atom. The minimum Gasteiger partial charge on any atom is -0.518 e. The van der Waals surface area contributed by atoms with Crippen LogP contribution in [-0.4, -0.2) is 13.4 Å². The Balaban J connectivity index is 3.11. The van der Waals surface area contributed by atoms with Crippen molar-refractivity contribution in [3.05, 3.63) is 17.9 Å². The Kier molecular flexibility index (Phi) is 5.14. The molecule has 3 nitrogen and oxygen atoms in total. The molecular formula is C16H30O3Si. The molecule has 0 atom stereocenters. The molecule has 1 aromatic rings. The SMILES string of the molecule is CC(C)[Si](Oc1cc(C(C)(C)O)co1)(C(C)C)C(C)C.